The van der Waals surface area contributed by atoms with E-state index in [-0.39, 0.29) is 0 Å². The number of hydrogen-bond donors (Lipinski definition) is 3. The van der Waals surface area contributed by atoms with Crippen LogP contribution in [-0.2, 0) is 14.4 Å². The summed E-state index contributed by atoms with van der Waals surface area (Å²) in [6.07, 6.45) is 0. The first kappa shape index (κ1) is 12.3. The Morgan fingerprint density at radius 1 is 0.933 bits per heavy atom. The number of aliphatic carboxylic acids is 3. The van der Waals surface area contributed by atoms with Gasteiger partial charge in [0.25, 0.3) is 0 Å². The molecule has 0 bridgehead atoms. The molecule has 0 aromatic carbocycles. The maximum absolute atomic E-state index is 10.2. The molecule has 0 aliphatic carbocycles. The van der Waals surface area contributed by atoms with Gasteiger partial charge in [-0.2, -0.15) is 0 Å². The molecule has 0 spiro atoms. The van der Waals surface area contributed by atoms with Crippen molar-refractivity contribution in [1.29, 1.82) is 0 Å². The lowest BCUT2D eigenvalue weighted by atomic mass is 10.5. The minimum Gasteiger partial charge on any atom is -0.480 e. The molecule has 0 fully saturated rings. The van der Waals surface area contributed by atoms with Gasteiger partial charge < -0.3 is 15.3 Å². The Morgan fingerprint density at radius 3 is 1.60 bits per heavy atom. The molecular formula is C8H5NO6. The number of nitrogens with zero attached hydrogens (tertiary/aromatic N) is 1. The lowest BCUT2D eigenvalue weighted by molar-refractivity contribution is -0.137. The van der Waals surface area contributed by atoms with Gasteiger partial charge >= 0.3 is 17.9 Å². The summed E-state index contributed by atoms with van der Waals surface area (Å²) in [6, 6.07) is 3.74. The lowest BCUT2D eigenvalue weighted by Crippen LogP contribution is -2.21. The molecule has 0 atom stereocenters. The molecule has 0 rings (SSSR count). The topological polar surface area (TPSA) is 115 Å². The van der Waals surface area contributed by atoms with E-state index in [4.69, 9.17) is 15.3 Å². The summed E-state index contributed by atoms with van der Waals surface area (Å²) < 4.78 is 0. The van der Waals surface area contributed by atoms with Crippen LogP contribution in [0.3, 0.4) is 0 Å². The third kappa shape index (κ3) is 7.68. The van der Waals surface area contributed by atoms with E-state index in [2.05, 4.69) is 0 Å². The number of carboxylic acids is 3. The summed E-state index contributed by atoms with van der Waals surface area (Å²) in [7, 11) is 0. The van der Waals surface area contributed by atoms with Gasteiger partial charge in [-0.25, -0.2) is 14.5 Å². The van der Waals surface area contributed by atoms with Crippen molar-refractivity contribution in [3.8, 4) is 23.9 Å². The molecule has 0 heterocycles. The van der Waals surface area contributed by atoms with Crippen molar-refractivity contribution in [2.75, 3.05) is 6.54 Å². The van der Waals surface area contributed by atoms with Gasteiger partial charge in [-0.3, -0.25) is 4.79 Å². The van der Waals surface area contributed by atoms with Gasteiger partial charge in [-0.05, 0) is 0 Å². The first-order chi connectivity index (χ1) is 6.91. The minimum absolute atomic E-state index is 0.560. The molecule has 0 saturated carbocycles. The zero-order valence-electron chi connectivity index (χ0n) is 7.22. The van der Waals surface area contributed by atoms with E-state index in [1.807, 2.05) is 12.1 Å². The minimum atomic E-state index is -1.47. The Bertz CT molecular complexity index is 372. The van der Waals surface area contributed by atoms with Gasteiger partial charge in [0.2, 0.25) is 0 Å². The Kier molecular flexibility index (Phi) is 4.84. The third-order valence-electron chi connectivity index (χ3n) is 0.889. The normalized spacial score (nSPS) is 7.47. The second-order valence-corrected chi connectivity index (χ2v) is 2.06. The maximum atomic E-state index is 10.2. The van der Waals surface area contributed by atoms with Gasteiger partial charge in [0, 0.05) is 23.9 Å². The zero-order valence-corrected chi connectivity index (χ0v) is 7.22. The smallest absolute Gasteiger partial charge is 0.383 e. The molecule has 0 aliphatic heterocycles. The fourth-order valence-corrected chi connectivity index (χ4v) is 0.473. The molecule has 0 unspecified atom stereocenters. The van der Waals surface area contributed by atoms with Gasteiger partial charge in [0.05, 0.1) is 0 Å². The van der Waals surface area contributed by atoms with E-state index in [9.17, 15) is 14.4 Å². The second kappa shape index (κ2) is 5.89. The summed E-state index contributed by atoms with van der Waals surface area (Å²) in [5, 5.41) is 24.7. The van der Waals surface area contributed by atoms with E-state index < -0.39 is 24.5 Å². The number of hydrogen-bond acceptors (Lipinski definition) is 4. The summed E-state index contributed by atoms with van der Waals surface area (Å²) in [5.74, 6) is -1.03. The molecular weight excluding hydrogens is 206 g/mol. The number of rotatable bonds is 2. The average molecular weight is 211 g/mol. The van der Waals surface area contributed by atoms with E-state index in [1.165, 1.54) is 0 Å². The van der Waals surface area contributed by atoms with Crippen LogP contribution in [0.15, 0.2) is 0 Å². The van der Waals surface area contributed by atoms with Crippen molar-refractivity contribution < 1.29 is 29.7 Å². The lowest BCUT2D eigenvalue weighted by Gasteiger charge is -2.03. The standard InChI is InChI=1S/C8H5NO6/c10-6(11)1-3-9(5-8(14)15)4-2-7(12)13/h5H2,(H,10,11)(H,12,13)(H,14,15). The maximum Gasteiger partial charge on any atom is 0.383 e. The first-order valence-electron chi connectivity index (χ1n) is 3.40. The Hall–Kier alpha value is -2.67. The summed E-state index contributed by atoms with van der Waals surface area (Å²) >= 11 is 0. The molecule has 0 aromatic heterocycles. The van der Waals surface area contributed by atoms with Gasteiger partial charge in [-0.1, -0.05) is 0 Å². The van der Waals surface area contributed by atoms with Crippen LogP contribution in [0.25, 0.3) is 0 Å². The highest BCUT2D eigenvalue weighted by molar-refractivity contribution is 5.87. The van der Waals surface area contributed by atoms with Crippen molar-refractivity contribution in [1.82, 2.24) is 4.90 Å². The van der Waals surface area contributed by atoms with Gasteiger partial charge in [-0.15, -0.1) is 0 Å². The molecule has 15 heavy (non-hydrogen) atoms. The van der Waals surface area contributed by atoms with Crippen molar-refractivity contribution in [2.24, 2.45) is 0 Å². The van der Waals surface area contributed by atoms with Crippen LogP contribution in [0.1, 0.15) is 0 Å². The Labute approximate surface area is 83.9 Å². The van der Waals surface area contributed by atoms with Crippen LogP contribution in [0.4, 0.5) is 0 Å². The highest BCUT2D eigenvalue weighted by atomic mass is 16.4. The summed E-state index contributed by atoms with van der Waals surface area (Å²) in [4.78, 5) is 30.8. The van der Waals surface area contributed by atoms with Crippen LogP contribution in [0.2, 0.25) is 0 Å². The monoisotopic (exact) mass is 211 g/mol. The Balaban J connectivity index is 4.71. The number of carbonyl (C=O) groups is 3. The van der Waals surface area contributed by atoms with Crippen LogP contribution < -0.4 is 0 Å². The predicted molar refractivity (Wildman–Crippen MR) is 45.2 cm³/mol. The molecule has 7 heteroatoms. The highest BCUT2D eigenvalue weighted by Gasteiger charge is 2.03. The molecule has 0 aromatic rings. The molecule has 0 saturated heterocycles. The fourth-order valence-electron chi connectivity index (χ4n) is 0.473. The van der Waals surface area contributed by atoms with Crippen molar-refractivity contribution in [3.63, 3.8) is 0 Å². The molecule has 3 N–H and O–H groups in total. The van der Waals surface area contributed by atoms with Crippen LogP contribution in [0, 0.1) is 23.9 Å². The molecule has 7 nitrogen and oxygen atoms in total. The zero-order chi connectivity index (χ0) is 11.8. The largest absolute Gasteiger partial charge is 0.480 e. The van der Waals surface area contributed by atoms with E-state index in [0.29, 0.717) is 4.90 Å². The fraction of sp³-hybridized carbons (Fsp3) is 0.125. The van der Waals surface area contributed by atoms with Crippen LogP contribution in [0.5, 0.6) is 0 Å². The third-order valence-corrected chi connectivity index (χ3v) is 0.889. The second-order valence-electron chi connectivity index (χ2n) is 2.06. The molecule has 0 radical (unpaired) electrons. The van der Waals surface area contributed by atoms with Gasteiger partial charge in [0.15, 0.2) is 0 Å². The molecule has 0 aliphatic rings. The van der Waals surface area contributed by atoms with E-state index >= 15 is 0 Å². The van der Waals surface area contributed by atoms with Gasteiger partial charge in [0.1, 0.15) is 6.54 Å². The molecule has 78 valence electrons. The van der Waals surface area contributed by atoms with Crippen LogP contribution in [-0.4, -0.2) is 44.7 Å². The first-order valence-corrected chi connectivity index (χ1v) is 3.40. The van der Waals surface area contributed by atoms with Crippen molar-refractivity contribution >= 4 is 17.9 Å². The average Bonchev–Trinajstić information content (AvgIpc) is 2.08. The summed E-state index contributed by atoms with van der Waals surface area (Å²) in [6.45, 7) is -0.694. The van der Waals surface area contributed by atoms with Crippen molar-refractivity contribution in [3.05, 3.63) is 0 Å². The SMILES string of the molecule is O=C(O)C#CN(C#CC(=O)O)CC(=O)O. The predicted octanol–water partition coefficient (Wildman–Crippen LogP) is -1.54. The highest BCUT2D eigenvalue weighted by Crippen LogP contribution is 1.81. The van der Waals surface area contributed by atoms with Crippen molar-refractivity contribution in [2.45, 2.75) is 0 Å². The Morgan fingerprint density at radius 2 is 1.33 bits per heavy atom. The van der Waals surface area contributed by atoms with E-state index in [1.54, 1.807) is 11.8 Å². The number of carboxylic acid groups (broad SMARTS) is 3. The molecule has 0 amide bonds. The van der Waals surface area contributed by atoms with Crippen LogP contribution >= 0.6 is 0 Å². The quantitative estimate of drug-likeness (QED) is 0.374. The summed E-state index contributed by atoms with van der Waals surface area (Å²) in [5.41, 5.74) is 0. The van der Waals surface area contributed by atoms with E-state index in [0.717, 1.165) is 0 Å².